The zero-order valence-electron chi connectivity index (χ0n) is 15.4. The summed E-state index contributed by atoms with van der Waals surface area (Å²) in [6.45, 7) is 5.70. The topological polar surface area (TPSA) is 75.9 Å². The van der Waals surface area contributed by atoms with Crippen molar-refractivity contribution in [3.05, 3.63) is 45.8 Å². The van der Waals surface area contributed by atoms with Crippen molar-refractivity contribution in [2.24, 2.45) is 0 Å². The van der Waals surface area contributed by atoms with Gasteiger partial charge in [-0.15, -0.1) is 0 Å². The maximum Gasteiger partial charge on any atom is 0.260 e. The van der Waals surface area contributed by atoms with Crippen LogP contribution in [0, 0.1) is 13.8 Å². The molecular formula is C19H22BrN3O4. The lowest BCUT2D eigenvalue weighted by Crippen LogP contribution is -2.52. The fourth-order valence-corrected chi connectivity index (χ4v) is 3.25. The fourth-order valence-electron chi connectivity index (χ4n) is 2.99. The third-order valence-electron chi connectivity index (χ3n) is 4.67. The number of carbonyl (C=O) groups excluding carboxylic acids is 2. The Morgan fingerprint density at radius 1 is 1.07 bits per heavy atom. The van der Waals surface area contributed by atoms with Crippen LogP contribution >= 0.6 is 15.9 Å². The molecule has 1 aromatic carbocycles. The molecule has 0 radical (unpaired) electrons. The largest absolute Gasteiger partial charge is 0.484 e. The number of piperazine rings is 1. The van der Waals surface area contributed by atoms with Crippen LogP contribution in [0.2, 0.25) is 0 Å². The van der Waals surface area contributed by atoms with Gasteiger partial charge in [0.15, 0.2) is 6.61 Å². The van der Waals surface area contributed by atoms with Crippen molar-refractivity contribution < 1.29 is 18.8 Å². The van der Waals surface area contributed by atoms with Gasteiger partial charge < -0.3 is 19.1 Å². The molecule has 0 atom stereocenters. The molecule has 27 heavy (non-hydrogen) atoms. The Morgan fingerprint density at radius 3 is 2.22 bits per heavy atom. The van der Waals surface area contributed by atoms with Crippen LogP contribution in [0.5, 0.6) is 5.75 Å². The summed E-state index contributed by atoms with van der Waals surface area (Å²) in [5.41, 5.74) is 1.60. The molecule has 144 valence electrons. The number of amides is 2. The van der Waals surface area contributed by atoms with Crippen LogP contribution < -0.4 is 4.74 Å². The Balaban J connectivity index is 1.45. The third-order valence-corrected chi connectivity index (χ3v) is 5.20. The van der Waals surface area contributed by atoms with E-state index in [9.17, 15) is 9.59 Å². The Kier molecular flexibility index (Phi) is 6.15. The standard InChI is InChI=1S/C19H22BrN3O4/c1-13-17(14(2)27-21-13)11-18(24)22-7-9-23(10-8-22)19(25)12-26-16-5-3-15(20)4-6-16/h3-6H,7-12H2,1-2H3. The number of nitrogens with zero attached hydrogens (tertiary/aromatic N) is 3. The molecule has 0 spiro atoms. The number of hydrogen-bond acceptors (Lipinski definition) is 5. The van der Waals surface area contributed by atoms with Crippen molar-refractivity contribution in [2.45, 2.75) is 20.3 Å². The Bertz CT molecular complexity index is 791. The van der Waals surface area contributed by atoms with Crippen molar-refractivity contribution in [1.29, 1.82) is 0 Å². The minimum Gasteiger partial charge on any atom is -0.484 e. The second-order valence-electron chi connectivity index (χ2n) is 6.48. The van der Waals surface area contributed by atoms with E-state index in [1.54, 1.807) is 9.80 Å². The second-order valence-corrected chi connectivity index (χ2v) is 7.40. The van der Waals surface area contributed by atoms with E-state index in [1.165, 1.54) is 0 Å². The van der Waals surface area contributed by atoms with E-state index in [4.69, 9.17) is 9.26 Å². The highest BCUT2D eigenvalue weighted by Crippen LogP contribution is 2.17. The van der Waals surface area contributed by atoms with E-state index in [0.717, 1.165) is 15.7 Å². The van der Waals surface area contributed by atoms with Crippen molar-refractivity contribution in [2.75, 3.05) is 32.8 Å². The number of aryl methyl sites for hydroxylation is 2. The average molecular weight is 436 g/mol. The molecule has 8 heteroatoms. The lowest BCUT2D eigenvalue weighted by atomic mass is 10.1. The number of aromatic nitrogens is 1. The molecule has 1 fully saturated rings. The summed E-state index contributed by atoms with van der Waals surface area (Å²) in [4.78, 5) is 28.4. The van der Waals surface area contributed by atoms with E-state index in [0.29, 0.717) is 37.7 Å². The van der Waals surface area contributed by atoms with E-state index in [-0.39, 0.29) is 24.8 Å². The first kappa shape index (κ1) is 19.4. The van der Waals surface area contributed by atoms with Crippen LogP contribution in [0.3, 0.4) is 0 Å². The summed E-state index contributed by atoms with van der Waals surface area (Å²) >= 11 is 3.36. The number of hydrogen-bond donors (Lipinski definition) is 0. The Morgan fingerprint density at radius 2 is 1.67 bits per heavy atom. The average Bonchev–Trinajstić information content (AvgIpc) is 2.99. The van der Waals surface area contributed by atoms with Crippen LogP contribution in [0.15, 0.2) is 33.3 Å². The maximum atomic E-state index is 12.5. The summed E-state index contributed by atoms with van der Waals surface area (Å²) in [5, 5.41) is 3.88. The fraction of sp³-hybridized carbons (Fsp3) is 0.421. The highest BCUT2D eigenvalue weighted by Gasteiger charge is 2.25. The molecule has 3 rings (SSSR count). The number of benzene rings is 1. The number of carbonyl (C=O) groups is 2. The lowest BCUT2D eigenvalue weighted by Gasteiger charge is -2.34. The third kappa shape index (κ3) is 4.88. The molecule has 0 N–H and O–H groups in total. The monoisotopic (exact) mass is 435 g/mol. The quantitative estimate of drug-likeness (QED) is 0.720. The molecule has 7 nitrogen and oxygen atoms in total. The molecule has 1 aliphatic heterocycles. The molecular weight excluding hydrogens is 414 g/mol. The van der Waals surface area contributed by atoms with Crippen LogP contribution in [-0.2, 0) is 16.0 Å². The summed E-state index contributed by atoms with van der Waals surface area (Å²) < 4.78 is 11.6. The summed E-state index contributed by atoms with van der Waals surface area (Å²) in [7, 11) is 0. The normalized spacial score (nSPS) is 14.3. The van der Waals surface area contributed by atoms with Crippen LogP contribution in [-0.4, -0.2) is 59.6 Å². The lowest BCUT2D eigenvalue weighted by molar-refractivity contribution is -0.140. The van der Waals surface area contributed by atoms with Gasteiger partial charge in [-0.3, -0.25) is 9.59 Å². The van der Waals surface area contributed by atoms with Gasteiger partial charge >= 0.3 is 0 Å². The minimum absolute atomic E-state index is 0.00530. The molecule has 1 saturated heterocycles. The number of halogens is 1. The number of rotatable bonds is 5. The van der Waals surface area contributed by atoms with Gasteiger partial charge in [0.25, 0.3) is 5.91 Å². The highest BCUT2D eigenvalue weighted by molar-refractivity contribution is 9.10. The van der Waals surface area contributed by atoms with Gasteiger partial charge in [-0.05, 0) is 38.1 Å². The van der Waals surface area contributed by atoms with E-state index >= 15 is 0 Å². The van der Waals surface area contributed by atoms with Crippen molar-refractivity contribution in [1.82, 2.24) is 15.0 Å². The molecule has 0 bridgehead atoms. The molecule has 2 amide bonds. The van der Waals surface area contributed by atoms with E-state index in [1.807, 2.05) is 38.1 Å². The summed E-state index contributed by atoms with van der Waals surface area (Å²) in [6.07, 6.45) is 0.280. The second kappa shape index (κ2) is 8.56. The van der Waals surface area contributed by atoms with Crippen LogP contribution in [0.25, 0.3) is 0 Å². The zero-order valence-corrected chi connectivity index (χ0v) is 17.0. The molecule has 0 saturated carbocycles. The van der Waals surface area contributed by atoms with Crippen LogP contribution in [0.1, 0.15) is 17.0 Å². The molecule has 2 aromatic rings. The first-order chi connectivity index (χ1) is 12.9. The first-order valence-electron chi connectivity index (χ1n) is 8.79. The predicted molar refractivity (Wildman–Crippen MR) is 102 cm³/mol. The molecule has 0 aliphatic carbocycles. The van der Waals surface area contributed by atoms with Gasteiger partial charge in [0.05, 0.1) is 12.1 Å². The van der Waals surface area contributed by atoms with E-state index in [2.05, 4.69) is 21.1 Å². The number of ether oxygens (including phenoxy) is 1. The van der Waals surface area contributed by atoms with Gasteiger partial charge in [0.1, 0.15) is 11.5 Å². The van der Waals surface area contributed by atoms with Crippen LogP contribution in [0.4, 0.5) is 0 Å². The smallest absolute Gasteiger partial charge is 0.260 e. The summed E-state index contributed by atoms with van der Waals surface area (Å²) in [6, 6.07) is 7.34. The Hall–Kier alpha value is -2.35. The first-order valence-corrected chi connectivity index (χ1v) is 9.59. The van der Waals surface area contributed by atoms with Crippen molar-refractivity contribution >= 4 is 27.7 Å². The van der Waals surface area contributed by atoms with Gasteiger partial charge in [0, 0.05) is 36.2 Å². The zero-order chi connectivity index (χ0) is 19.4. The molecule has 2 heterocycles. The van der Waals surface area contributed by atoms with Gasteiger partial charge in [-0.1, -0.05) is 21.1 Å². The molecule has 1 aliphatic rings. The van der Waals surface area contributed by atoms with Crippen molar-refractivity contribution in [3.63, 3.8) is 0 Å². The Labute approximate surface area is 166 Å². The summed E-state index contributed by atoms with van der Waals surface area (Å²) in [5.74, 6) is 1.29. The van der Waals surface area contributed by atoms with Gasteiger partial charge in [-0.2, -0.15) is 0 Å². The maximum absolute atomic E-state index is 12.5. The predicted octanol–water partition coefficient (Wildman–Crippen LogP) is 2.35. The van der Waals surface area contributed by atoms with E-state index < -0.39 is 0 Å². The van der Waals surface area contributed by atoms with Gasteiger partial charge in [-0.25, -0.2) is 0 Å². The van der Waals surface area contributed by atoms with Gasteiger partial charge in [0.2, 0.25) is 5.91 Å². The molecule has 0 unspecified atom stereocenters. The minimum atomic E-state index is -0.0734. The highest BCUT2D eigenvalue weighted by atomic mass is 79.9. The van der Waals surface area contributed by atoms with Crippen molar-refractivity contribution in [3.8, 4) is 5.75 Å². The SMILES string of the molecule is Cc1noc(C)c1CC(=O)N1CCN(C(=O)COc2ccc(Br)cc2)CC1. The molecule has 1 aromatic heterocycles.